The van der Waals surface area contributed by atoms with Gasteiger partial charge in [0.25, 0.3) is 0 Å². The Bertz CT molecular complexity index is 403. The number of hydrogen-bond donors (Lipinski definition) is 0. The molecule has 1 aliphatic heterocycles. The van der Waals surface area contributed by atoms with Crippen LogP contribution < -0.4 is 0 Å². The van der Waals surface area contributed by atoms with E-state index in [9.17, 15) is 4.79 Å². The number of amides is 1. The Morgan fingerprint density at radius 3 is 2.93 bits per heavy atom. The summed E-state index contributed by atoms with van der Waals surface area (Å²) in [5, 5.41) is 8.25. The minimum atomic E-state index is -0.373. The van der Waals surface area contributed by atoms with Crippen molar-refractivity contribution in [1.29, 1.82) is 0 Å². The fourth-order valence-corrected chi connectivity index (χ4v) is 1.60. The predicted octanol–water partition coefficient (Wildman–Crippen LogP) is 0.416. The van der Waals surface area contributed by atoms with Crippen LogP contribution in [-0.2, 0) is 46.0 Å². The average molecular weight is 411 g/mol. The first-order valence-corrected chi connectivity index (χ1v) is 5.99. The Balaban J connectivity index is 2.98. The van der Waals surface area contributed by atoms with Crippen molar-refractivity contribution < 1.29 is 46.0 Å². The molecule has 0 aromatic rings. The quantitative estimate of drug-likeness (QED) is 0.500. The molecule has 0 saturated heterocycles. The van der Waals surface area contributed by atoms with Gasteiger partial charge in [-0.25, -0.2) is 0 Å². The molecule has 0 N–H and O–H groups in total. The van der Waals surface area contributed by atoms with E-state index < -0.39 is 0 Å². The number of hydroxylamine groups is 1. The molecular formula is C8H6N3O2VW-. The number of carbonyl (C=O) groups excluding carboxylic acids is 1. The molecule has 0 unspecified atom stereocenters. The van der Waals surface area contributed by atoms with Crippen LogP contribution in [0, 0.1) is 6.58 Å². The molecule has 1 rings (SSSR count). The summed E-state index contributed by atoms with van der Waals surface area (Å²) >= 11 is 3.21. The molecule has 0 radical (unpaired) electrons. The van der Waals surface area contributed by atoms with Crippen LogP contribution >= 0.6 is 0 Å². The second-order valence-corrected chi connectivity index (χ2v) is 4.83. The first-order chi connectivity index (χ1) is 7.06. The summed E-state index contributed by atoms with van der Waals surface area (Å²) in [7, 11) is 0. The van der Waals surface area contributed by atoms with E-state index in [0.29, 0.717) is 14.0 Å². The summed E-state index contributed by atoms with van der Waals surface area (Å²) in [5.74, 6) is -0.373. The zero-order valence-electron chi connectivity index (χ0n) is 7.75. The van der Waals surface area contributed by atoms with Crippen molar-refractivity contribution in [1.82, 2.24) is 5.17 Å². The monoisotopic (exact) mass is 411 g/mol. The Kier molecular flexibility index (Phi) is 4.67. The van der Waals surface area contributed by atoms with Gasteiger partial charge in [0.15, 0.2) is 0 Å². The molecule has 5 nitrogen and oxygen atoms in total. The Hall–Kier alpha value is -0.477. The topological polar surface area (TPSA) is 54.3 Å². The molecule has 0 saturated carbocycles. The molecule has 77 valence electrons. The molecule has 0 fully saturated rings. The van der Waals surface area contributed by atoms with Crippen LogP contribution in [-0.4, -0.2) is 19.5 Å². The Morgan fingerprint density at radius 1 is 1.73 bits per heavy atom. The summed E-state index contributed by atoms with van der Waals surface area (Å²) in [6, 6.07) is 0. The van der Waals surface area contributed by atoms with Crippen molar-refractivity contribution in [3.8, 4) is 0 Å². The first kappa shape index (κ1) is 12.6. The summed E-state index contributed by atoms with van der Waals surface area (Å²) in [6.07, 6.45) is 2.77. The van der Waals surface area contributed by atoms with Crippen LogP contribution in [0.2, 0.25) is 0 Å². The number of carbonyl (C=O) groups is 1. The molecule has 1 heterocycles. The standard InChI is InChI=1S/C8H6N3O2.V.W/c1-3-5-7-6-9-10-11(8(7)12)13-4-2;;/h1,3,5H,2H3;;/q-1;;/b7-5+;;. The third-order valence-electron chi connectivity index (χ3n) is 1.33. The second-order valence-electron chi connectivity index (χ2n) is 2.46. The molecule has 1 aliphatic rings. The van der Waals surface area contributed by atoms with E-state index in [1.54, 1.807) is 6.92 Å². The van der Waals surface area contributed by atoms with Crippen molar-refractivity contribution in [2.24, 2.45) is 10.3 Å². The Morgan fingerprint density at radius 2 is 2.40 bits per heavy atom. The molecule has 1 amide bonds. The molecule has 0 atom stereocenters. The molecule has 0 aromatic carbocycles. The van der Waals surface area contributed by atoms with E-state index in [2.05, 4.69) is 27.3 Å². The zero-order valence-corrected chi connectivity index (χ0v) is 12.1. The van der Waals surface area contributed by atoms with E-state index in [0.717, 1.165) is 24.5 Å². The number of allylic oxidation sites excluding steroid dienone is 2. The van der Waals surface area contributed by atoms with E-state index in [1.807, 2.05) is 0 Å². The van der Waals surface area contributed by atoms with Crippen molar-refractivity contribution in [3.63, 3.8) is 0 Å². The average Bonchev–Trinajstić information content (AvgIpc) is 2.16. The molecule has 15 heavy (non-hydrogen) atoms. The second kappa shape index (κ2) is 5.56. The van der Waals surface area contributed by atoms with Crippen LogP contribution in [0.1, 0.15) is 6.92 Å². The van der Waals surface area contributed by atoms with E-state index >= 15 is 0 Å². The number of hydrogen-bond acceptors (Lipinski definition) is 4. The fourth-order valence-electron chi connectivity index (χ4n) is 0.794. The van der Waals surface area contributed by atoms with Crippen molar-refractivity contribution in [2.45, 2.75) is 6.92 Å². The van der Waals surface area contributed by atoms with Gasteiger partial charge in [0.1, 0.15) is 0 Å². The van der Waals surface area contributed by atoms with Crippen LogP contribution in [0.25, 0.3) is 0 Å². The third kappa shape index (κ3) is 3.24. The molecular weight excluding hydrogens is 405 g/mol. The first-order valence-electron chi connectivity index (χ1n) is 3.82. The van der Waals surface area contributed by atoms with Gasteiger partial charge >= 0.3 is 107 Å². The molecule has 7 heteroatoms. The van der Waals surface area contributed by atoms with Crippen LogP contribution in [0.3, 0.4) is 0 Å². The van der Waals surface area contributed by atoms with E-state index in [1.165, 1.54) is 12.2 Å². The van der Waals surface area contributed by atoms with Gasteiger partial charge in [0.2, 0.25) is 0 Å². The summed E-state index contributed by atoms with van der Waals surface area (Å²) in [4.78, 5) is 16.8. The van der Waals surface area contributed by atoms with Crippen molar-refractivity contribution in [3.05, 3.63) is 24.3 Å². The van der Waals surface area contributed by atoms with Gasteiger partial charge in [0, 0.05) is 0 Å². The summed E-state index contributed by atoms with van der Waals surface area (Å²) in [5.41, 5.74) is 0.399. The summed E-state index contributed by atoms with van der Waals surface area (Å²) < 4.78 is 1.13. The van der Waals surface area contributed by atoms with Gasteiger partial charge in [-0.1, -0.05) is 0 Å². The summed E-state index contributed by atoms with van der Waals surface area (Å²) in [6.45, 7) is 6.93. The molecule has 0 spiro atoms. The van der Waals surface area contributed by atoms with Gasteiger partial charge in [-0.05, 0) is 0 Å². The molecule has 0 aromatic heterocycles. The SMILES string of the molecule is [CH-]=C/C=C1/C(=O)N(O[C](C)=[V])N=N[C]1=[W]. The van der Waals surface area contributed by atoms with Gasteiger partial charge in [-0.3, -0.25) is 0 Å². The van der Waals surface area contributed by atoms with E-state index in [4.69, 9.17) is 11.4 Å². The molecule has 0 aliphatic carbocycles. The maximum absolute atomic E-state index is 11.7. The number of rotatable bonds is 3. The minimum absolute atomic E-state index is 0.373. The zero-order chi connectivity index (χ0) is 11.4. The van der Waals surface area contributed by atoms with Gasteiger partial charge in [-0.2, -0.15) is 0 Å². The third-order valence-corrected chi connectivity index (χ3v) is 2.54. The normalized spacial score (nSPS) is 18.4. The van der Waals surface area contributed by atoms with Gasteiger partial charge in [0.05, 0.1) is 0 Å². The maximum atomic E-state index is 11.7. The fraction of sp³-hybridized carbons (Fsp3) is 0.125. The predicted molar refractivity (Wildman–Crippen MR) is 45.4 cm³/mol. The number of nitrogens with zero attached hydrogens (tertiary/aromatic N) is 3. The van der Waals surface area contributed by atoms with Crippen molar-refractivity contribution >= 4 is 14.3 Å². The van der Waals surface area contributed by atoms with Crippen LogP contribution in [0.15, 0.2) is 28.1 Å². The van der Waals surface area contributed by atoms with Gasteiger partial charge in [-0.15, -0.1) is 0 Å². The Labute approximate surface area is 107 Å². The van der Waals surface area contributed by atoms with Crippen molar-refractivity contribution in [2.75, 3.05) is 0 Å². The van der Waals surface area contributed by atoms with Crippen LogP contribution in [0.4, 0.5) is 0 Å². The van der Waals surface area contributed by atoms with E-state index in [-0.39, 0.29) is 5.91 Å². The van der Waals surface area contributed by atoms with Crippen LogP contribution in [0.5, 0.6) is 0 Å². The van der Waals surface area contributed by atoms with Gasteiger partial charge < -0.3 is 0 Å². The molecule has 0 bridgehead atoms.